The van der Waals surface area contributed by atoms with E-state index in [1.165, 1.54) is 12.1 Å². The number of hydrogen-bond acceptors (Lipinski definition) is 4. The van der Waals surface area contributed by atoms with Gasteiger partial charge < -0.3 is 15.0 Å². The third-order valence-electron chi connectivity index (χ3n) is 5.20. The Morgan fingerprint density at radius 3 is 2.55 bits per heavy atom. The molecule has 7 heteroatoms. The molecule has 2 aromatic carbocycles. The lowest BCUT2D eigenvalue weighted by Crippen LogP contribution is -2.49. The fourth-order valence-electron chi connectivity index (χ4n) is 3.49. The van der Waals surface area contributed by atoms with Crippen LogP contribution in [0.1, 0.15) is 11.1 Å². The lowest BCUT2D eigenvalue weighted by atomic mass is 10.2. The number of pyridine rings is 1. The predicted octanol–water partition coefficient (Wildman–Crippen LogP) is 4.15. The van der Waals surface area contributed by atoms with Crippen LogP contribution in [0.5, 0.6) is 5.75 Å². The van der Waals surface area contributed by atoms with Gasteiger partial charge in [-0.25, -0.2) is 9.18 Å². The van der Waals surface area contributed by atoms with Crippen molar-refractivity contribution in [2.45, 2.75) is 13.2 Å². The molecule has 1 N–H and O–H groups in total. The van der Waals surface area contributed by atoms with E-state index >= 15 is 0 Å². The molecule has 31 heavy (non-hydrogen) atoms. The van der Waals surface area contributed by atoms with Crippen molar-refractivity contribution in [3.05, 3.63) is 90.0 Å². The number of amides is 2. The van der Waals surface area contributed by atoms with Crippen LogP contribution in [-0.2, 0) is 13.2 Å². The first-order valence-corrected chi connectivity index (χ1v) is 10.3. The summed E-state index contributed by atoms with van der Waals surface area (Å²) in [5.74, 6) is 0.539. The SMILES string of the molecule is O=C(Nc1cccnc1)N1CCN(Cc2cccc(OCc3ccc(F)cc3)c2)CC1. The summed E-state index contributed by atoms with van der Waals surface area (Å²) in [4.78, 5) is 20.6. The highest BCUT2D eigenvalue weighted by molar-refractivity contribution is 5.89. The van der Waals surface area contributed by atoms with Crippen LogP contribution in [0.4, 0.5) is 14.9 Å². The van der Waals surface area contributed by atoms with Crippen molar-refractivity contribution in [2.75, 3.05) is 31.5 Å². The number of aromatic nitrogens is 1. The van der Waals surface area contributed by atoms with Gasteiger partial charge in [0.1, 0.15) is 18.2 Å². The number of piperazine rings is 1. The molecule has 1 aromatic heterocycles. The zero-order valence-corrected chi connectivity index (χ0v) is 17.2. The third-order valence-corrected chi connectivity index (χ3v) is 5.20. The predicted molar refractivity (Wildman–Crippen MR) is 117 cm³/mol. The highest BCUT2D eigenvalue weighted by Gasteiger charge is 2.21. The molecule has 6 nitrogen and oxygen atoms in total. The second kappa shape index (κ2) is 10.0. The van der Waals surface area contributed by atoms with E-state index in [0.717, 1.165) is 36.5 Å². The summed E-state index contributed by atoms with van der Waals surface area (Å²) in [6.45, 7) is 4.15. The second-order valence-electron chi connectivity index (χ2n) is 7.50. The summed E-state index contributed by atoms with van der Waals surface area (Å²) in [5.41, 5.74) is 2.78. The third kappa shape index (κ3) is 6.02. The summed E-state index contributed by atoms with van der Waals surface area (Å²) in [5, 5.41) is 2.88. The molecule has 1 aliphatic rings. The number of carbonyl (C=O) groups is 1. The molecule has 3 aromatic rings. The van der Waals surface area contributed by atoms with Crippen molar-refractivity contribution in [1.82, 2.24) is 14.8 Å². The molecule has 0 bridgehead atoms. The molecule has 0 unspecified atom stereocenters. The van der Waals surface area contributed by atoms with Crippen molar-refractivity contribution < 1.29 is 13.9 Å². The Bertz CT molecular complexity index is 990. The summed E-state index contributed by atoms with van der Waals surface area (Å²) in [6, 6.07) is 17.9. The molecule has 0 saturated carbocycles. The molecule has 0 spiro atoms. The van der Waals surface area contributed by atoms with Crippen LogP contribution >= 0.6 is 0 Å². The van der Waals surface area contributed by atoms with E-state index in [1.54, 1.807) is 30.6 Å². The van der Waals surface area contributed by atoms with Crippen molar-refractivity contribution >= 4 is 11.7 Å². The van der Waals surface area contributed by atoms with Crippen molar-refractivity contribution in [2.24, 2.45) is 0 Å². The molecule has 1 aliphatic heterocycles. The number of urea groups is 1. The minimum atomic E-state index is -0.250. The smallest absolute Gasteiger partial charge is 0.321 e. The standard InChI is InChI=1S/C24H25FN4O2/c25-21-8-6-19(7-9-21)18-31-23-5-1-3-20(15-23)17-28-11-13-29(14-12-28)24(30)27-22-4-2-10-26-16-22/h1-10,15-16H,11-14,17-18H2,(H,27,30). The molecule has 160 valence electrons. The van der Waals surface area contributed by atoms with Crippen LogP contribution in [0.25, 0.3) is 0 Å². The number of ether oxygens (including phenoxy) is 1. The number of carbonyl (C=O) groups excluding carboxylic acids is 1. The summed E-state index contributed by atoms with van der Waals surface area (Å²) < 4.78 is 18.9. The largest absolute Gasteiger partial charge is 0.489 e. The molecule has 0 radical (unpaired) electrons. The van der Waals surface area contributed by atoms with Crippen molar-refractivity contribution in [1.29, 1.82) is 0 Å². The van der Waals surface area contributed by atoms with Gasteiger partial charge in [0.25, 0.3) is 0 Å². The zero-order valence-electron chi connectivity index (χ0n) is 17.2. The van der Waals surface area contributed by atoms with Gasteiger partial charge >= 0.3 is 6.03 Å². The lowest BCUT2D eigenvalue weighted by Gasteiger charge is -2.34. The normalized spacial score (nSPS) is 14.3. The molecule has 1 fully saturated rings. The van der Waals surface area contributed by atoms with E-state index in [1.807, 2.05) is 29.2 Å². The topological polar surface area (TPSA) is 57.7 Å². The van der Waals surface area contributed by atoms with Crippen LogP contribution in [0.3, 0.4) is 0 Å². The van der Waals surface area contributed by atoms with E-state index in [2.05, 4.69) is 21.3 Å². The fourth-order valence-corrected chi connectivity index (χ4v) is 3.49. The van der Waals surface area contributed by atoms with Gasteiger partial charge in [-0.2, -0.15) is 0 Å². The van der Waals surface area contributed by atoms with Crippen LogP contribution < -0.4 is 10.1 Å². The van der Waals surface area contributed by atoms with Crippen LogP contribution in [0.15, 0.2) is 73.1 Å². The Morgan fingerprint density at radius 2 is 1.81 bits per heavy atom. The van der Waals surface area contributed by atoms with Crippen LogP contribution in [0, 0.1) is 5.82 Å². The number of anilines is 1. The van der Waals surface area contributed by atoms with Crippen LogP contribution in [-0.4, -0.2) is 47.0 Å². The van der Waals surface area contributed by atoms with Crippen molar-refractivity contribution in [3.63, 3.8) is 0 Å². The Kier molecular flexibility index (Phi) is 6.74. The van der Waals surface area contributed by atoms with E-state index in [0.29, 0.717) is 25.4 Å². The van der Waals surface area contributed by atoms with E-state index in [4.69, 9.17) is 4.74 Å². The molecule has 2 amide bonds. The summed E-state index contributed by atoms with van der Waals surface area (Å²) >= 11 is 0. The molecule has 1 saturated heterocycles. The van der Waals surface area contributed by atoms with Gasteiger partial charge in [-0.1, -0.05) is 24.3 Å². The van der Waals surface area contributed by atoms with Gasteiger partial charge in [0.15, 0.2) is 0 Å². The van der Waals surface area contributed by atoms with E-state index in [9.17, 15) is 9.18 Å². The average molecular weight is 420 g/mol. The average Bonchev–Trinajstić information content (AvgIpc) is 2.80. The van der Waals surface area contributed by atoms with Gasteiger partial charge in [-0.05, 0) is 47.5 Å². The number of halogens is 1. The summed E-state index contributed by atoms with van der Waals surface area (Å²) in [6.07, 6.45) is 3.32. The van der Waals surface area contributed by atoms with Gasteiger partial charge in [0.2, 0.25) is 0 Å². The molecular formula is C24H25FN4O2. The number of benzene rings is 2. The van der Waals surface area contributed by atoms with E-state index in [-0.39, 0.29) is 11.8 Å². The van der Waals surface area contributed by atoms with E-state index < -0.39 is 0 Å². The second-order valence-corrected chi connectivity index (χ2v) is 7.50. The first-order valence-electron chi connectivity index (χ1n) is 10.3. The first-order chi connectivity index (χ1) is 15.2. The van der Waals surface area contributed by atoms with Gasteiger partial charge in [-0.3, -0.25) is 9.88 Å². The molecule has 2 heterocycles. The fraction of sp³-hybridized carbons (Fsp3) is 0.250. The maximum absolute atomic E-state index is 13.0. The molecule has 4 rings (SSSR count). The Hall–Kier alpha value is -3.45. The lowest BCUT2D eigenvalue weighted by molar-refractivity contribution is 0.143. The quantitative estimate of drug-likeness (QED) is 0.651. The number of nitrogens with one attached hydrogen (secondary N) is 1. The Morgan fingerprint density at radius 1 is 1.00 bits per heavy atom. The maximum atomic E-state index is 13.0. The summed E-state index contributed by atoms with van der Waals surface area (Å²) in [7, 11) is 0. The monoisotopic (exact) mass is 420 g/mol. The van der Waals surface area contributed by atoms with Gasteiger partial charge in [-0.15, -0.1) is 0 Å². The highest BCUT2D eigenvalue weighted by Crippen LogP contribution is 2.18. The van der Waals surface area contributed by atoms with Gasteiger partial charge in [0.05, 0.1) is 11.9 Å². The highest BCUT2D eigenvalue weighted by atomic mass is 19.1. The minimum absolute atomic E-state index is 0.0937. The minimum Gasteiger partial charge on any atom is -0.489 e. The number of nitrogens with zero attached hydrogens (tertiary/aromatic N) is 3. The molecule has 0 atom stereocenters. The Balaban J connectivity index is 1.25. The van der Waals surface area contributed by atoms with Crippen molar-refractivity contribution in [3.8, 4) is 5.75 Å². The maximum Gasteiger partial charge on any atom is 0.321 e. The Labute approximate surface area is 181 Å². The number of rotatable bonds is 6. The van der Waals surface area contributed by atoms with Gasteiger partial charge in [0, 0.05) is 38.9 Å². The number of hydrogen-bond donors (Lipinski definition) is 1. The van der Waals surface area contributed by atoms with Crippen LogP contribution in [0.2, 0.25) is 0 Å². The molecular weight excluding hydrogens is 395 g/mol. The molecule has 0 aliphatic carbocycles. The first kappa shape index (κ1) is 20.8. The zero-order chi connectivity index (χ0) is 21.5.